The predicted molar refractivity (Wildman–Crippen MR) is 61.1 cm³/mol. The fourth-order valence-corrected chi connectivity index (χ4v) is 1.90. The number of nitrogens with zero attached hydrogens (tertiary/aromatic N) is 2. The molecule has 1 aromatic carbocycles. The maximum Gasteiger partial charge on any atom is 0.176 e. The van der Waals surface area contributed by atoms with E-state index in [-0.39, 0.29) is 0 Å². The van der Waals surface area contributed by atoms with Crippen LogP contribution in [0.1, 0.15) is 6.92 Å². The summed E-state index contributed by atoms with van der Waals surface area (Å²) >= 11 is 0. The first-order chi connectivity index (χ1) is 7.90. The van der Waals surface area contributed by atoms with Crippen LogP contribution in [0.5, 0.6) is 0 Å². The molecule has 0 atom stereocenters. The summed E-state index contributed by atoms with van der Waals surface area (Å²) < 4.78 is 12.7. The molecule has 0 unspecified atom stereocenters. The first-order valence-electron chi connectivity index (χ1n) is 5.30. The maximum atomic E-state index is 5.40. The van der Waals surface area contributed by atoms with Crippen molar-refractivity contribution >= 4 is 21.9 Å². The molecule has 4 nitrogen and oxygen atoms in total. The van der Waals surface area contributed by atoms with Crippen LogP contribution in [0.25, 0.3) is 21.9 Å². The zero-order chi connectivity index (χ0) is 11.0. The van der Waals surface area contributed by atoms with Crippen molar-refractivity contribution in [2.45, 2.75) is 13.7 Å². The maximum absolute atomic E-state index is 5.40. The fourth-order valence-electron chi connectivity index (χ4n) is 1.90. The minimum absolute atomic E-state index is 0.569. The molecule has 0 saturated heterocycles. The van der Waals surface area contributed by atoms with Crippen LogP contribution in [0.3, 0.4) is 0 Å². The van der Waals surface area contributed by atoms with Gasteiger partial charge < -0.3 is 13.8 Å². The molecule has 82 valence electrons. The molecule has 0 radical (unpaired) electrons. The predicted octanol–water partition coefficient (Wildman–Crippen LogP) is 2.78. The van der Waals surface area contributed by atoms with Crippen LogP contribution in [-0.2, 0) is 11.5 Å². The Morgan fingerprint density at radius 2 is 2.31 bits per heavy atom. The molecule has 0 spiro atoms. The van der Waals surface area contributed by atoms with Crippen LogP contribution in [-0.4, -0.2) is 16.3 Å². The standard InChI is InChI=1S/C12H12N2O2/c1-2-15-8-14-6-5-10-11(14)4-3-9-7-13-16-12(9)10/h3-7H,2,8H2,1H3. The summed E-state index contributed by atoms with van der Waals surface area (Å²) in [6.07, 6.45) is 3.73. The normalized spacial score (nSPS) is 11.6. The van der Waals surface area contributed by atoms with E-state index in [1.54, 1.807) is 6.20 Å². The smallest absolute Gasteiger partial charge is 0.176 e. The Morgan fingerprint density at radius 1 is 1.38 bits per heavy atom. The lowest BCUT2D eigenvalue weighted by Crippen LogP contribution is -1.99. The van der Waals surface area contributed by atoms with E-state index in [1.807, 2.05) is 25.3 Å². The molecule has 0 aliphatic rings. The van der Waals surface area contributed by atoms with Gasteiger partial charge >= 0.3 is 0 Å². The Bertz CT molecular complexity index is 624. The molecule has 0 aliphatic carbocycles. The summed E-state index contributed by atoms with van der Waals surface area (Å²) in [4.78, 5) is 0. The van der Waals surface area contributed by atoms with Gasteiger partial charge in [-0.2, -0.15) is 0 Å². The highest BCUT2D eigenvalue weighted by Crippen LogP contribution is 2.25. The van der Waals surface area contributed by atoms with Gasteiger partial charge in [-0.05, 0) is 25.1 Å². The van der Waals surface area contributed by atoms with Crippen LogP contribution < -0.4 is 0 Å². The van der Waals surface area contributed by atoms with E-state index >= 15 is 0 Å². The number of fused-ring (bicyclic) bond motifs is 3. The number of hydrogen-bond donors (Lipinski definition) is 0. The lowest BCUT2D eigenvalue weighted by Gasteiger charge is -2.04. The molecule has 0 saturated carbocycles. The van der Waals surface area contributed by atoms with Crippen molar-refractivity contribution in [3.05, 3.63) is 30.6 Å². The van der Waals surface area contributed by atoms with Gasteiger partial charge in [-0.1, -0.05) is 5.16 Å². The summed E-state index contributed by atoms with van der Waals surface area (Å²) in [5.41, 5.74) is 1.95. The fraction of sp³-hybridized carbons (Fsp3) is 0.250. The molecule has 0 aliphatic heterocycles. The number of hydrogen-bond acceptors (Lipinski definition) is 3. The number of aromatic nitrogens is 2. The van der Waals surface area contributed by atoms with Gasteiger partial charge in [0.2, 0.25) is 0 Å². The second-order valence-electron chi connectivity index (χ2n) is 3.65. The van der Waals surface area contributed by atoms with Gasteiger partial charge in [0.05, 0.1) is 11.7 Å². The monoisotopic (exact) mass is 216 g/mol. The van der Waals surface area contributed by atoms with Gasteiger partial charge in [-0.3, -0.25) is 0 Å². The second kappa shape index (κ2) is 3.64. The molecule has 2 aromatic heterocycles. The molecular formula is C12H12N2O2. The van der Waals surface area contributed by atoms with E-state index in [0.717, 1.165) is 21.9 Å². The topological polar surface area (TPSA) is 40.2 Å². The van der Waals surface area contributed by atoms with Gasteiger partial charge in [-0.15, -0.1) is 0 Å². The third-order valence-electron chi connectivity index (χ3n) is 2.70. The van der Waals surface area contributed by atoms with Crippen LogP contribution in [0.2, 0.25) is 0 Å². The van der Waals surface area contributed by atoms with Gasteiger partial charge in [0.25, 0.3) is 0 Å². The van der Waals surface area contributed by atoms with Gasteiger partial charge in [0.1, 0.15) is 6.73 Å². The average Bonchev–Trinajstić information content (AvgIpc) is 2.91. The Morgan fingerprint density at radius 3 is 3.19 bits per heavy atom. The zero-order valence-corrected chi connectivity index (χ0v) is 9.01. The van der Waals surface area contributed by atoms with E-state index in [9.17, 15) is 0 Å². The van der Waals surface area contributed by atoms with Crippen molar-refractivity contribution in [2.75, 3.05) is 6.61 Å². The summed E-state index contributed by atoms with van der Waals surface area (Å²) in [7, 11) is 0. The Balaban J connectivity index is 2.18. The highest BCUT2D eigenvalue weighted by Gasteiger charge is 2.07. The molecule has 0 N–H and O–H groups in total. The van der Waals surface area contributed by atoms with E-state index in [0.29, 0.717) is 13.3 Å². The molecule has 3 aromatic rings. The highest BCUT2D eigenvalue weighted by molar-refractivity contribution is 6.02. The number of benzene rings is 1. The third-order valence-corrected chi connectivity index (χ3v) is 2.70. The highest BCUT2D eigenvalue weighted by atomic mass is 16.5. The molecule has 4 heteroatoms. The first kappa shape index (κ1) is 9.42. The second-order valence-corrected chi connectivity index (χ2v) is 3.65. The molecule has 2 heterocycles. The zero-order valence-electron chi connectivity index (χ0n) is 9.01. The van der Waals surface area contributed by atoms with Crippen molar-refractivity contribution < 1.29 is 9.26 Å². The largest absolute Gasteiger partial charge is 0.361 e. The summed E-state index contributed by atoms with van der Waals surface area (Å²) in [5, 5.41) is 5.92. The first-order valence-corrected chi connectivity index (χ1v) is 5.30. The van der Waals surface area contributed by atoms with E-state index < -0.39 is 0 Å². The summed E-state index contributed by atoms with van der Waals surface area (Å²) in [6, 6.07) is 6.10. The molecule has 0 amide bonds. The van der Waals surface area contributed by atoms with E-state index in [2.05, 4.69) is 15.8 Å². The van der Waals surface area contributed by atoms with Crippen LogP contribution in [0, 0.1) is 0 Å². The lowest BCUT2D eigenvalue weighted by molar-refractivity contribution is 0.0909. The minimum atomic E-state index is 0.569. The van der Waals surface area contributed by atoms with Crippen LogP contribution in [0.4, 0.5) is 0 Å². The van der Waals surface area contributed by atoms with Crippen molar-refractivity contribution in [3.8, 4) is 0 Å². The minimum Gasteiger partial charge on any atom is -0.361 e. The van der Waals surface area contributed by atoms with Gasteiger partial charge in [0, 0.05) is 23.6 Å². The quantitative estimate of drug-likeness (QED) is 0.675. The Labute approximate surface area is 92.4 Å². The summed E-state index contributed by atoms with van der Waals surface area (Å²) in [5.74, 6) is 0. The lowest BCUT2D eigenvalue weighted by atomic mass is 10.2. The van der Waals surface area contributed by atoms with Crippen molar-refractivity contribution in [2.24, 2.45) is 0 Å². The average molecular weight is 216 g/mol. The van der Waals surface area contributed by atoms with Crippen molar-refractivity contribution in [1.82, 2.24) is 9.72 Å². The number of ether oxygens (including phenoxy) is 1. The SMILES string of the molecule is CCOCn1ccc2c3oncc3ccc21. The molecule has 3 rings (SSSR count). The van der Waals surface area contributed by atoms with Crippen LogP contribution in [0.15, 0.2) is 35.1 Å². The van der Waals surface area contributed by atoms with E-state index in [1.165, 1.54) is 0 Å². The molecule has 0 bridgehead atoms. The van der Waals surface area contributed by atoms with E-state index in [4.69, 9.17) is 9.26 Å². The van der Waals surface area contributed by atoms with Gasteiger partial charge in [-0.25, -0.2) is 0 Å². The van der Waals surface area contributed by atoms with Crippen molar-refractivity contribution in [1.29, 1.82) is 0 Å². The summed E-state index contributed by atoms with van der Waals surface area (Å²) in [6.45, 7) is 3.27. The van der Waals surface area contributed by atoms with Gasteiger partial charge in [0.15, 0.2) is 5.58 Å². The Kier molecular flexibility index (Phi) is 2.15. The Hall–Kier alpha value is -1.81. The third kappa shape index (κ3) is 1.31. The molecule has 0 fully saturated rings. The van der Waals surface area contributed by atoms with Crippen LogP contribution >= 0.6 is 0 Å². The molecule has 16 heavy (non-hydrogen) atoms. The molecular weight excluding hydrogens is 204 g/mol. The number of rotatable bonds is 3. The van der Waals surface area contributed by atoms with Crippen molar-refractivity contribution in [3.63, 3.8) is 0 Å².